The van der Waals surface area contributed by atoms with Gasteiger partial charge in [0.25, 0.3) is 0 Å². The van der Waals surface area contributed by atoms with Crippen molar-refractivity contribution in [2.24, 2.45) is 10.7 Å². The van der Waals surface area contributed by atoms with Gasteiger partial charge in [-0.15, -0.1) is 0 Å². The third-order valence-corrected chi connectivity index (χ3v) is 4.98. The molecule has 0 aliphatic carbocycles. The van der Waals surface area contributed by atoms with Crippen molar-refractivity contribution in [3.8, 4) is 0 Å². The van der Waals surface area contributed by atoms with Gasteiger partial charge < -0.3 is 10.6 Å². The molecule has 1 atom stereocenters. The normalized spacial score (nSPS) is 18.3. The van der Waals surface area contributed by atoms with Gasteiger partial charge in [-0.1, -0.05) is 59.6 Å². The predicted molar refractivity (Wildman–Crippen MR) is 113 cm³/mol. The van der Waals surface area contributed by atoms with Crippen LogP contribution in [0.15, 0.2) is 77.8 Å². The van der Waals surface area contributed by atoms with Crippen LogP contribution in [-0.2, 0) is 12.2 Å². The summed E-state index contributed by atoms with van der Waals surface area (Å²) in [6.07, 6.45) is 0. The van der Waals surface area contributed by atoms with E-state index in [-0.39, 0.29) is 0 Å². The van der Waals surface area contributed by atoms with Crippen LogP contribution in [0.1, 0.15) is 11.1 Å². The number of halogens is 2. The van der Waals surface area contributed by atoms with Crippen molar-refractivity contribution in [2.75, 3.05) is 5.32 Å². The second kappa shape index (κ2) is 7.24. The number of para-hydroxylation sites is 2. The van der Waals surface area contributed by atoms with Crippen molar-refractivity contribution in [3.05, 3.63) is 94.0 Å². The quantitative estimate of drug-likeness (QED) is 0.580. The van der Waals surface area contributed by atoms with Crippen molar-refractivity contribution in [1.29, 1.82) is 0 Å². The predicted octanol–water partition coefficient (Wildman–Crippen LogP) is 5.05. The Morgan fingerprint density at radius 3 is 2.48 bits per heavy atom. The Morgan fingerprint density at radius 2 is 1.70 bits per heavy atom. The van der Waals surface area contributed by atoms with Crippen LogP contribution in [0, 0.1) is 0 Å². The van der Waals surface area contributed by atoms with E-state index in [4.69, 9.17) is 33.9 Å². The Morgan fingerprint density at radius 1 is 0.926 bits per heavy atom. The van der Waals surface area contributed by atoms with Gasteiger partial charge in [-0.25, -0.2) is 4.99 Å². The highest BCUT2D eigenvalue weighted by Gasteiger charge is 2.37. The maximum atomic E-state index is 6.81. The van der Waals surface area contributed by atoms with Crippen molar-refractivity contribution in [3.63, 3.8) is 0 Å². The van der Waals surface area contributed by atoms with Gasteiger partial charge in [0.15, 0.2) is 5.66 Å². The number of benzene rings is 3. The molecule has 3 aromatic rings. The number of rotatable bonds is 3. The van der Waals surface area contributed by atoms with Crippen LogP contribution in [0.4, 0.5) is 11.4 Å². The fraction of sp³-hybridized carbons (Fsp3) is 0.0952. The molecule has 136 valence electrons. The molecule has 0 amide bonds. The Labute approximate surface area is 168 Å². The van der Waals surface area contributed by atoms with Gasteiger partial charge in [-0.3, -0.25) is 5.73 Å². The smallest absolute Gasteiger partial charge is 0.172 e. The lowest BCUT2D eigenvalue weighted by Gasteiger charge is -2.37. The van der Waals surface area contributed by atoms with E-state index in [9.17, 15) is 0 Å². The molecular formula is C21H18Cl2N4. The molecule has 0 bridgehead atoms. The molecule has 3 aromatic carbocycles. The van der Waals surface area contributed by atoms with Crippen LogP contribution in [0.25, 0.3) is 0 Å². The standard InChI is InChI=1S/C21H18Cl2N4/c22-16-10-8-14(9-11-16)13-25-20-21(24,15-4-3-5-17(23)12-15)27-19-7-2-1-6-18(19)26-20/h1-12,27H,13,24H2,(H,25,26). The Kier molecular flexibility index (Phi) is 4.79. The molecule has 1 heterocycles. The molecule has 4 rings (SSSR count). The summed E-state index contributed by atoms with van der Waals surface area (Å²) in [6.45, 7) is 0.569. The summed E-state index contributed by atoms with van der Waals surface area (Å²) >= 11 is 12.2. The van der Waals surface area contributed by atoms with E-state index in [1.807, 2.05) is 72.8 Å². The topological polar surface area (TPSA) is 62.4 Å². The van der Waals surface area contributed by atoms with Crippen molar-refractivity contribution >= 4 is 40.4 Å². The lowest BCUT2D eigenvalue weighted by atomic mass is 9.96. The summed E-state index contributed by atoms with van der Waals surface area (Å²) in [5.41, 5.74) is 9.40. The third kappa shape index (κ3) is 3.65. The minimum Gasteiger partial charge on any atom is -0.366 e. The second-order valence-electron chi connectivity index (χ2n) is 6.40. The van der Waals surface area contributed by atoms with Gasteiger partial charge in [0.2, 0.25) is 0 Å². The summed E-state index contributed by atoms with van der Waals surface area (Å²) in [4.78, 5) is 4.79. The number of nitrogens with two attached hydrogens (primary N) is 1. The van der Waals surface area contributed by atoms with Crippen LogP contribution < -0.4 is 16.4 Å². The number of fused-ring (bicyclic) bond motifs is 1. The number of anilines is 1. The van der Waals surface area contributed by atoms with Crippen LogP contribution >= 0.6 is 23.2 Å². The fourth-order valence-electron chi connectivity index (χ4n) is 3.07. The minimum absolute atomic E-state index is 0.569. The third-order valence-electron chi connectivity index (χ3n) is 4.49. The van der Waals surface area contributed by atoms with Gasteiger partial charge in [0.1, 0.15) is 5.84 Å². The van der Waals surface area contributed by atoms with Gasteiger partial charge >= 0.3 is 0 Å². The van der Waals surface area contributed by atoms with Crippen LogP contribution in [0.3, 0.4) is 0 Å². The lowest BCUT2D eigenvalue weighted by Crippen LogP contribution is -2.57. The molecule has 1 unspecified atom stereocenters. The number of nitrogens with zero attached hydrogens (tertiary/aromatic N) is 1. The molecule has 4 nitrogen and oxygen atoms in total. The second-order valence-corrected chi connectivity index (χ2v) is 7.27. The van der Waals surface area contributed by atoms with Crippen molar-refractivity contribution in [2.45, 2.75) is 12.2 Å². The highest BCUT2D eigenvalue weighted by atomic mass is 35.5. The summed E-state index contributed by atoms with van der Waals surface area (Å²) < 4.78 is 0. The average molecular weight is 397 g/mol. The molecular weight excluding hydrogens is 379 g/mol. The molecule has 0 saturated carbocycles. The first kappa shape index (κ1) is 17.9. The van der Waals surface area contributed by atoms with Crippen molar-refractivity contribution in [1.82, 2.24) is 5.32 Å². The fourth-order valence-corrected chi connectivity index (χ4v) is 3.38. The van der Waals surface area contributed by atoms with Gasteiger partial charge in [0, 0.05) is 22.2 Å². The Balaban J connectivity index is 1.71. The van der Waals surface area contributed by atoms with Crippen LogP contribution in [0.2, 0.25) is 10.0 Å². The van der Waals surface area contributed by atoms with Gasteiger partial charge in [-0.05, 0) is 42.0 Å². The van der Waals surface area contributed by atoms with E-state index in [1.165, 1.54) is 0 Å². The molecule has 0 saturated heterocycles. The number of hydrogen-bond donors (Lipinski definition) is 3. The van der Waals surface area contributed by atoms with E-state index in [1.54, 1.807) is 0 Å². The first-order chi connectivity index (χ1) is 13.0. The summed E-state index contributed by atoms with van der Waals surface area (Å²) in [5, 5.41) is 8.13. The van der Waals surface area contributed by atoms with E-state index in [2.05, 4.69) is 10.6 Å². The molecule has 0 radical (unpaired) electrons. The molecule has 0 fully saturated rings. The van der Waals surface area contributed by atoms with Crippen LogP contribution in [-0.4, -0.2) is 5.84 Å². The number of hydrogen-bond acceptors (Lipinski definition) is 4. The average Bonchev–Trinajstić information content (AvgIpc) is 2.67. The molecule has 0 aromatic heterocycles. The zero-order chi connectivity index (χ0) is 18.9. The zero-order valence-corrected chi connectivity index (χ0v) is 15.9. The van der Waals surface area contributed by atoms with Crippen LogP contribution in [0.5, 0.6) is 0 Å². The highest BCUT2D eigenvalue weighted by molar-refractivity contribution is 6.31. The summed E-state index contributed by atoms with van der Waals surface area (Å²) in [6, 6.07) is 23.0. The first-order valence-corrected chi connectivity index (χ1v) is 9.30. The molecule has 27 heavy (non-hydrogen) atoms. The van der Waals surface area contributed by atoms with Crippen molar-refractivity contribution < 1.29 is 0 Å². The SMILES string of the molecule is NC1(c2cccc(Cl)c2)Nc2ccccc2N=C1NCc1ccc(Cl)cc1. The molecule has 6 heteroatoms. The maximum absolute atomic E-state index is 6.81. The molecule has 4 N–H and O–H groups in total. The van der Waals surface area contributed by atoms with E-state index in [0.717, 1.165) is 22.5 Å². The number of nitrogens with one attached hydrogen (secondary N) is 2. The minimum atomic E-state index is -1.02. The largest absolute Gasteiger partial charge is 0.366 e. The molecule has 1 aliphatic rings. The summed E-state index contributed by atoms with van der Waals surface area (Å²) in [5.74, 6) is 0.624. The first-order valence-electron chi connectivity index (χ1n) is 8.54. The Hall–Kier alpha value is -2.53. The lowest BCUT2D eigenvalue weighted by molar-refractivity contribution is 0.649. The maximum Gasteiger partial charge on any atom is 0.172 e. The molecule has 0 spiro atoms. The monoisotopic (exact) mass is 396 g/mol. The highest BCUT2D eigenvalue weighted by Crippen LogP contribution is 2.35. The Bertz CT molecular complexity index is 1000. The zero-order valence-electron chi connectivity index (χ0n) is 14.4. The van der Waals surface area contributed by atoms with E-state index < -0.39 is 5.66 Å². The van der Waals surface area contributed by atoms with E-state index in [0.29, 0.717) is 22.4 Å². The van der Waals surface area contributed by atoms with E-state index >= 15 is 0 Å². The van der Waals surface area contributed by atoms with Gasteiger partial charge in [-0.2, -0.15) is 0 Å². The number of amidine groups is 1. The summed E-state index contributed by atoms with van der Waals surface area (Å²) in [7, 11) is 0. The molecule has 1 aliphatic heterocycles. The number of aliphatic imine (C=N–C) groups is 1. The van der Waals surface area contributed by atoms with Gasteiger partial charge in [0.05, 0.1) is 11.4 Å².